The van der Waals surface area contributed by atoms with Crippen molar-refractivity contribution in [1.82, 2.24) is 0 Å². The van der Waals surface area contributed by atoms with Crippen molar-refractivity contribution in [1.29, 1.82) is 0 Å². The van der Waals surface area contributed by atoms with Gasteiger partial charge in [-0.15, -0.1) is 0 Å². The molecular weight excluding hydrogens is 168 g/mol. The normalized spacial score (nSPS) is 15.2. The second-order valence-electron chi connectivity index (χ2n) is 2.13. The van der Waals surface area contributed by atoms with Crippen LogP contribution in [0.2, 0.25) is 0 Å². The lowest BCUT2D eigenvalue weighted by Gasteiger charge is -2.13. The van der Waals surface area contributed by atoms with Gasteiger partial charge in [-0.05, 0) is 6.92 Å². The van der Waals surface area contributed by atoms with E-state index >= 15 is 0 Å². The Balaban J connectivity index is 4.02. The van der Waals surface area contributed by atoms with E-state index in [9.17, 15) is 9.59 Å². The van der Waals surface area contributed by atoms with E-state index in [0.29, 0.717) is 0 Å². The molecule has 0 saturated carbocycles. The molecule has 0 aromatic rings. The molecule has 0 spiro atoms. The lowest BCUT2D eigenvalue weighted by molar-refractivity contribution is -0.166. The Bertz CT molecular complexity index is 177. The first-order valence-electron chi connectivity index (χ1n) is 3.21. The van der Waals surface area contributed by atoms with Crippen LogP contribution in [0.15, 0.2) is 0 Å². The molecule has 0 heterocycles. The van der Waals surface area contributed by atoms with Gasteiger partial charge in [0.15, 0.2) is 12.2 Å². The van der Waals surface area contributed by atoms with Crippen molar-refractivity contribution in [2.45, 2.75) is 19.1 Å². The van der Waals surface area contributed by atoms with Crippen molar-refractivity contribution >= 4 is 11.9 Å². The molecule has 0 rings (SSSR count). The van der Waals surface area contributed by atoms with Crippen LogP contribution in [0, 0.1) is 0 Å². The van der Waals surface area contributed by atoms with Crippen LogP contribution < -0.4 is 0 Å². The Labute approximate surface area is 68.4 Å². The van der Waals surface area contributed by atoms with Crippen LogP contribution in [0.3, 0.4) is 0 Å². The predicted molar refractivity (Wildman–Crippen MR) is 36.7 cm³/mol. The van der Waals surface area contributed by atoms with Gasteiger partial charge in [0.25, 0.3) is 0 Å². The summed E-state index contributed by atoms with van der Waals surface area (Å²) in [6.45, 7) is 0.445. The quantitative estimate of drug-likeness (QED) is 0.494. The molecule has 2 unspecified atom stereocenters. The number of carboxylic acid groups (broad SMARTS) is 2. The predicted octanol–water partition coefficient (Wildman–Crippen LogP) is -1.08. The Kier molecular flexibility index (Phi) is 4.24. The summed E-state index contributed by atoms with van der Waals surface area (Å²) < 4.78 is 4.47. The van der Waals surface area contributed by atoms with Gasteiger partial charge in [0.2, 0.25) is 0 Å². The zero-order valence-electron chi connectivity index (χ0n) is 6.43. The van der Waals surface area contributed by atoms with E-state index < -0.39 is 30.8 Å². The van der Waals surface area contributed by atoms with Gasteiger partial charge >= 0.3 is 11.9 Å². The first kappa shape index (κ1) is 10.9. The molecule has 0 amide bonds. The van der Waals surface area contributed by atoms with Crippen molar-refractivity contribution in [3.05, 3.63) is 0 Å². The van der Waals surface area contributed by atoms with Crippen LogP contribution >= 0.6 is 0 Å². The van der Waals surface area contributed by atoms with Crippen LogP contribution in [-0.4, -0.2) is 46.1 Å². The molecular formula is C6H10O6. The van der Waals surface area contributed by atoms with Crippen molar-refractivity contribution < 1.29 is 29.6 Å². The Hall–Kier alpha value is -1.14. The number of carboxylic acids is 2. The standard InChI is InChI=1S/C6H10O6/c1-3(5(8)9)12-4(2-7)6(10)11/h3-4,7H,2H2,1H3,(H,8,9)(H,10,11). The molecule has 0 aliphatic carbocycles. The van der Waals surface area contributed by atoms with Crippen molar-refractivity contribution in [3.63, 3.8) is 0 Å². The van der Waals surface area contributed by atoms with Crippen molar-refractivity contribution in [3.8, 4) is 0 Å². The zero-order chi connectivity index (χ0) is 9.72. The van der Waals surface area contributed by atoms with E-state index in [4.69, 9.17) is 15.3 Å². The smallest absolute Gasteiger partial charge is 0.335 e. The number of ether oxygens (including phenoxy) is 1. The molecule has 0 bridgehead atoms. The second kappa shape index (κ2) is 4.68. The van der Waals surface area contributed by atoms with Gasteiger partial charge in [-0.1, -0.05) is 0 Å². The minimum Gasteiger partial charge on any atom is -0.479 e. The number of aliphatic hydroxyl groups excluding tert-OH is 1. The third kappa shape index (κ3) is 3.31. The molecule has 0 saturated heterocycles. The number of aliphatic hydroxyl groups is 1. The lowest BCUT2D eigenvalue weighted by Crippen LogP contribution is -2.34. The molecule has 6 heteroatoms. The fourth-order valence-electron chi connectivity index (χ4n) is 0.484. The maximum atomic E-state index is 10.2. The van der Waals surface area contributed by atoms with Gasteiger partial charge in [0.05, 0.1) is 6.61 Å². The van der Waals surface area contributed by atoms with Gasteiger partial charge in [-0.2, -0.15) is 0 Å². The SMILES string of the molecule is CC(OC(CO)C(=O)O)C(=O)O. The van der Waals surface area contributed by atoms with Gasteiger partial charge in [0, 0.05) is 0 Å². The molecule has 70 valence electrons. The molecule has 12 heavy (non-hydrogen) atoms. The number of hydrogen-bond acceptors (Lipinski definition) is 4. The molecule has 3 N–H and O–H groups in total. The number of carbonyl (C=O) groups is 2. The lowest BCUT2D eigenvalue weighted by atomic mass is 10.3. The number of rotatable bonds is 5. The Morgan fingerprint density at radius 1 is 1.33 bits per heavy atom. The van der Waals surface area contributed by atoms with Gasteiger partial charge < -0.3 is 20.1 Å². The average Bonchev–Trinajstić information content (AvgIpc) is 1.98. The minimum atomic E-state index is -1.48. The molecule has 0 radical (unpaired) electrons. The van der Waals surface area contributed by atoms with Gasteiger partial charge in [-0.3, -0.25) is 0 Å². The monoisotopic (exact) mass is 178 g/mol. The van der Waals surface area contributed by atoms with Crippen LogP contribution in [0.4, 0.5) is 0 Å². The molecule has 6 nitrogen and oxygen atoms in total. The maximum Gasteiger partial charge on any atom is 0.335 e. The fraction of sp³-hybridized carbons (Fsp3) is 0.667. The Morgan fingerprint density at radius 2 is 1.83 bits per heavy atom. The second-order valence-corrected chi connectivity index (χ2v) is 2.13. The van der Waals surface area contributed by atoms with Gasteiger partial charge in [0.1, 0.15) is 0 Å². The van der Waals surface area contributed by atoms with Crippen LogP contribution in [0.1, 0.15) is 6.92 Å². The van der Waals surface area contributed by atoms with Crippen LogP contribution in [0.25, 0.3) is 0 Å². The molecule has 0 fully saturated rings. The minimum absolute atomic E-state index is 0.743. The Morgan fingerprint density at radius 3 is 2.08 bits per heavy atom. The van der Waals surface area contributed by atoms with Crippen LogP contribution in [0.5, 0.6) is 0 Å². The summed E-state index contributed by atoms with van der Waals surface area (Å²) in [7, 11) is 0. The van der Waals surface area contributed by atoms with Gasteiger partial charge in [-0.25, -0.2) is 9.59 Å². The maximum absolute atomic E-state index is 10.2. The van der Waals surface area contributed by atoms with E-state index in [1.165, 1.54) is 6.92 Å². The van der Waals surface area contributed by atoms with E-state index in [1.54, 1.807) is 0 Å². The molecule has 0 aliphatic rings. The van der Waals surface area contributed by atoms with Crippen LogP contribution in [-0.2, 0) is 14.3 Å². The summed E-state index contributed by atoms with van der Waals surface area (Å²) in [4.78, 5) is 20.4. The highest BCUT2D eigenvalue weighted by Gasteiger charge is 2.23. The fourth-order valence-corrected chi connectivity index (χ4v) is 0.484. The van der Waals surface area contributed by atoms with E-state index in [1.807, 2.05) is 0 Å². The molecule has 0 aromatic heterocycles. The first-order chi connectivity index (χ1) is 5.49. The molecule has 0 aliphatic heterocycles. The van der Waals surface area contributed by atoms with E-state index in [-0.39, 0.29) is 0 Å². The highest BCUT2D eigenvalue weighted by molar-refractivity contribution is 5.75. The third-order valence-corrected chi connectivity index (χ3v) is 1.16. The molecule has 0 aromatic carbocycles. The summed E-state index contributed by atoms with van der Waals surface area (Å²) in [5.74, 6) is -2.65. The summed E-state index contributed by atoms with van der Waals surface area (Å²) in [5, 5.41) is 25.1. The van der Waals surface area contributed by atoms with Crippen molar-refractivity contribution in [2.24, 2.45) is 0 Å². The summed E-state index contributed by atoms with van der Waals surface area (Å²) in [5.41, 5.74) is 0. The molecule has 2 atom stereocenters. The zero-order valence-corrected chi connectivity index (χ0v) is 6.43. The third-order valence-electron chi connectivity index (χ3n) is 1.16. The van der Waals surface area contributed by atoms with E-state index in [2.05, 4.69) is 4.74 Å². The highest BCUT2D eigenvalue weighted by atomic mass is 16.5. The summed E-state index contributed by atoms with van der Waals surface area (Å²) >= 11 is 0. The summed E-state index contributed by atoms with van der Waals surface area (Å²) in [6.07, 6.45) is -2.71. The number of aliphatic carboxylic acids is 2. The highest BCUT2D eigenvalue weighted by Crippen LogP contribution is 1.98. The topological polar surface area (TPSA) is 104 Å². The largest absolute Gasteiger partial charge is 0.479 e. The first-order valence-corrected chi connectivity index (χ1v) is 3.21. The number of hydrogen-bond donors (Lipinski definition) is 3. The summed E-state index contributed by atoms with van der Waals surface area (Å²) in [6, 6.07) is 0. The van der Waals surface area contributed by atoms with E-state index in [0.717, 1.165) is 0 Å². The average molecular weight is 178 g/mol. The van der Waals surface area contributed by atoms with Crippen molar-refractivity contribution in [2.75, 3.05) is 6.61 Å².